The Morgan fingerprint density at radius 3 is 2.61 bits per heavy atom. The number of methoxy groups -OCH3 is 1. The predicted molar refractivity (Wildman–Crippen MR) is 67.0 cm³/mol. The second kappa shape index (κ2) is 5.39. The van der Waals surface area contributed by atoms with Crippen LogP contribution in [-0.2, 0) is 0 Å². The maximum Gasteiger partial charge on any atom is 0.239 e. The third-order valence-electron chi connectivity index (χ3n) is 2.25. The van der Waals surface area contributed by atoms with E-state index in [1.807, 2.05) is 12.1 Å². The van der Waals surface area contributed by atoms with Gasteiger partial charge < -0.3 is 9.47 Å². The molecule has 0 aliphatic rings. The van der Waals surface area contributed by atoms with Crippen LogP contribution in [0.4, 0.5) is 0 Å². The van der Waals surface area contributed by atoms with Crippen LogP contribution in [0.3, 0.4) is 0 Å². The Hall–Kier alpha value is -2.25. The van der Waals surface area contributed by atoms with Crippen molar-refractivity contribution in [1.82, 2.24) is 4.98 Å². The van der Waals surface area contributed by atoms with Crippen molar-refractivity contribution in [1.29, 1.82) is 5.26 Å². The molecular weight excluding hydrogens is 252 g/mol. The van der Waals surface area contributed by atoms with Crippen LogP contribution in [0.25, 0.3) is 0 Å². The molecule has 0 fully saturated rings. The minimum absolute atomic E-state index is 0.181. The number of hydrogen-bond donors (Lipinski definition) is 0. The summed E-state index contributed by atoms with van der Waals surface area (Å²) in [7, 11) is 1.54. The number of aromatic nitrogens is 1. The summed E-state index contributed by atoms with van der Waals surface area (Å²) in [5.41, 5.74) is 0.316. The van der Waals surface area contributed by atoms with E-state index in [-0.39, 0.29) is 10.9 Å². The lowest BCUT2D eigenvalue weighted by molar-refractivity contribution is 0.374. The monoisotopic (exact) mass is 260 g/mol. The van der Waals surface area contributed by atoms with Crippen molar-refractivity contribution in [2.24, 2.45) is 0 Å². The number of nitrogens with zero attached hydrogens (tertiary/aromatic N) is 2. The summed E-state index contributed by atoms with van der Waals surface area (Å²) in [5, 5.41) is 9.05. The first kappa shape index (κ1) is 12.2. The Labute approximate surface area is 109 Å². The maximum absolute atomic E-state index is 8.87. The van der Waals surface area contributed by atoms with Crippen LogP contribution in [0.2, 0.25) is 5.02 Å². The lowest BCUT2D eigenvalue weighted by atomic mass is 10.3. The fraction of sp³-hybridized carbons (Fsp3) is 0.0769. The van der Waals surface area contributed by atoms with Crippen LogP contribution in [0.15, 0.2) is 36.5 Å². The fourth-order valence-corrected chi connectivity index (χ4v) is 1.58. The number of halogens is 1. The van der Waals surface area contributed by atoms with Crippen LogP contribution < -0.4 is 9.47 Å². The number of rotatable bonds is 3. The van der Waals surface area contributed by atoms with Gasteiger partial charge in [0.1, 0.15) is 11.1 Å². The summed E-state index contributed by atoms with van der Waals surface area (Å²) < 4.78 is 10.7. The molecule has 0 radical (unpaired) electrons. The first-order chi connectivity index (χ1) is 8.76. The molecule has 1 aromatic carbocycles. The molecular formula is C13H9ClN2O2. The topological polar surface area (TPSA) is 55.1 Å². The van der Waals surface area contributed by atoms with E-state index in [4.69, 9.17) is 26.3 Å². The highest BCUT2D eigenvalue weighted by Gasteiger charge is 2.11. The van der Waals surface area contributed by atoms with Gasteiger partial charge in [0.2, 0.25) is 5.88 Å². The van der Waals surface area contributed by atoms with Gasteiger partial charge in [-0.05, 0) is 18.2 Å². The maximum atomic E-state index is 8.87. The molecule has 2 aromatic rings. The average molecular weight is 261 g/mol. The Balaban J connectivity index is 2.38. The summed E-state index contributed by atoms with van der Waals surface area (Å²) in [4.78, 5) is 4.00. The lowest BCUT2D eigenvalue weighted by Gasteiger charge is -2.10. The molecule has 1 aromatic heterocycles. The molecule has 0 saturated carbocycles. The Morgan fingerprint density at radius 2 is 1.94 bits per heavy atom. The lowest BCUT2D eigenvalue weighted by Crippen LogP contribution is -1.93. The summed E-state index contributed by atoms with van der Waals surface area (Å²) >= 11 is 6.00. The van der Waals surface area contributed by atoms with Crippen LogP contribution in [0.1, 0.15) is 5.56 Å². The van der Waals surface area contributed by atoms with Crippen molar-refractivity contribution in [2.75, 3.05) is 7.11 Å². The van der Waals surface area contributed by atoms with Gasteiger partial charge >= 0.3 is 0 Å². The molecule has 1 heterocycles. The van der Waals surface area contributed by atoms with E-state index in [0.29, 0.717) is 17.1 Å². The number of para-hydroxylation sites is 2. The highest BCUT2D eigenvalue weighted by atomic mass is 35.5. The first-order valence-corrected chi connectivity index (χ1v) is 5.49. The van der Waals surface area contributed by atoms with Gasteiger partial charge in [0.05, 0.1) is 12.7 Å². The van der Waals surface area contributed by atoms with Gasteiger partial charge in [-0.1, -0.05) is 23.7 Å². The van der Waals surface area contributed by atoms with Gasteiger partial charge in [0, 0.05) is 6.20 Å². The normalized spacial score (nSPS) is 9.61. The zero-order chi connectivity index (χ0) is 13.0. The zero-order valence-electron chi connectivity index (χ0n) is 9.55. The van der Waals surface area contributed by atoms with Crippen LogP contribution in [0.5, 0.6) is 17.4 Å². The van der Waals surface area contributed by atoms with Crippen molar-refractivity contribution in [2.45, 2.75) is 0 Å². The highest BCUT2D eigenvalue weighted by Crippen LogP contribution is 2.34. The molecule has 0 aliphatic carbocycles. The zero-order valence-corrected chi connectivity index (χ0v) is 10.3. The van der Waals surface area contributed by atoms with Gasteiger partial charge in [-0.15, -0.1) is 0 Å². The van der Waals surface area contributed by atoms with Crippen molar-refractivity contribution in [3.63, 3.8) is 0 Å². The molecule has 0 unspecified atom stereocenters. The molecule has 0 N–H and O–H groups in total. The summed E-state index contributed by atoms with van der Waals surface area (Å²) in [6.45, 7) is 0. The summed E-state index contributed by atoms with van der Waals surface area (Å²) in [6.07, 6.45) is 1.47. The molecule has 0 aliphatic heterocycles. The number of benzene rings is 1. The van der Waals surface area contributed by atoms with E-state index in [1.165, 1.54) is 12.3 Å². The largest absolute Gasteiger partial charge is 0.493 e. The molecule has 0 atom stereocenters. The van der Waals surface area contributed by atoms with Crippen LogP contribution >= 0.6 is 11.6 Å². The minimum Gasteiger partial charge on any atom is -0.493 e. The van der Waals surface area contributed by atoms with E-state index in [0.717, 1.165) is 0 Å². The second-order valence-corrected chi connectivity index (χ2v) is 3.72. The molecule has 0 amide bonds. The molecule has 0 bridgehead atoms. The van der Waals surface area contributed by atoms with Crippen LogP contribution in [0, 0.1) is 11.3 Å². The van der Waals surface area contributed by atoms with Gasteiger partial charge in [0.25, 0.3) is 0 Å². The Bertz CT molecular complexity index is 608. The fourth-order valence-electron chi connectivity index (χ4n) is 1.39. The number of hydrogen-bond acceptors (Lipinski definition) is 4. The summed E-state index contributed by atoms with van der Waals surface area (Å²) in [6, 6.07) is 10.6. The van der Waals surface area contributed by atoms with Crippen molar-refractivity contribution in [3.8, 4) is 23.4 Å². The van der Waals surface area contributed by atoms with Gasteiger partial charge in [-0.3, -0.25) is 0 Å². The standard InChI is InChI=1S/C13H9ClN2O2/c1-17-10-4-2-3-5-11(10)18-13-12(14)9(8-15)6-7-16-13/h2-7H,1H3. The smallest absolute Gasteiger partial charge is 0.239 e. The molecule has 18 heavy (non-hydrogen) atoms. The predicted octanol–water partition coefficient (Wildman–Crippen LogP) is 3.41. The van der Waals surface area contributed by atoms with Crippen LogP contribution in [-0.4, -0.2) is 12.1 Å². The van der Waals surface area contributed by atoms with Gasteiger partial charge in [-0.2, -0.15) is 5.26 Å². The molecule has 2 rings (SSSR count). The Morgan fingerprint density at radius 1 is 1.22 bits per heavy atom. The average Bonchev–Trinajstić information content (AvgIpc) is 2.42. The molecule has 90 valence electrons. The molecule has 4 nitrogen and oxygen atoms in total. The second-order valence-electron chi connectivity index (χ2n) is 3.34. The SMILES string of the molecule is COc1ccccc1Oc1nccc(C#N)c1Cl. The molecule has 5 heteroatoms. The number of ether oxygens (including phenoxy) is 2. The van der Waals surface area contributed by atoms with Crippen molar-refractivity contribution < 1.29 is 9.47 Å². The van der Waals surface area contributed by atoms with E-state index in [2.05, 4.69) is 4.98 Å². The third-order valence-corrected chi connectivity index (χ3v) is 2.62. The Kier molecular flexibility index (Phi) is 3.66. The quantitative estimate of drug-likeness (QED) is 0.849. The van der Waals surface area contributed by atoms with Crippen molar-refractivity contribution in [3.05, 3.63) is 47.1 Å². The van der Waals surface area contributed by atoms with E-state index in [1.54, 1.807) is 25.3 Å². The van der Waals surface area contributed by atoms with Crippen molar-refractivity contribution >= 4 is 11.6 Å². The summed E-state index contributed by atoms with van der Waals surface area (Å²) in [5.74, 6) is 1.24. The minimum atomic E-state index is 0.181. The first-order valence-electron chi connectivity index (χ1n) is 5.11. The number of pyridine rings is 1. The van der Waals surface area contributed by atoms with Gasteiger partial charge in [0.15, 0.2) is 11.5 Å². The van der Waals surface area contributed by atoms with E-state index < -0.39 is 0 Å². The number of nitriles is 1. The van der Waals surface area contributed by atoms with E-state index in [9.17, 15) is 0 Å². The third kappa shape index (κ3) is 2.36. The molecule has 0 spiro atoms. The van der Waals surface area contributed by atoms with Gasteiger partial charge in [-0.25, -0.2) is 4.98 Å². The highest BCUT2D eigenvalue weighted by molar-refractivity contribution is 6.33. The molecule has 0 saturated heterocycles. The van der Waals surface area contributed by atoms with E-state index >= 15 is 0 Å².